The van der Waals surface area contributed by atoms with Crippen molar-refractivity contribution < 1.29 is 17.9 Å². The molecule has 0 unspecified atom stereocenters. The van der Waals surface area contributed by atoms with E-state index >= 15 is 0 Å². The van der Waals surface area contributed by atoms with Crippen LogP contribution in [0.3, 0.4) is 0 Å². The molecule has 1 heterocycles. The Morgan fingerprint density at radius 3 is 2.27 bits per heavy atom. The fourth-order valence-corrected chi connectivity index (χ4v) is 4.61. The zero-order chi connectivity index (χ0) is 19.2. The Kier molecular flexibility index (Phi) is 7.16. The van der Waals surface area contributed by atoms with Gasteiger partial charge in [0.05, 0.1) is 10.3 Å². The summed E-state index contributed by atoms with van der Waals surface area (Å²) in [7, 11) is -3.46. The number of rotatable bonds is 8. The van der Waals surface area contributed by atoms with Gasteiger partial charge in [-0.05, 0) is 30.5 Å². The highest BCUT2D eigenvalue weighted by Crippen LogP contribution is 2.29. The molecular weight excluding hydrogens is 354 g/mol. The molecule has 0 spiro atoms. The van der Waals surface area contributed by atoms with Crippen LogP contribution in [-0.4, -0.2) is 51.5 Å². The van der Waals surface area contributed by atoms with Crippen LogP contribution in [0.1, 0.15) is 32.3 Å². The topological polar surface area (TPSA) is 102 Å². The van der Waals surface area contributed by atoms with Crippen molar-refractivity contribution in [2.75, 3.05) is 32.8 Å². The molecule has 26 heavy (non-hydrogen) atoms. The minimum absolute atomic E-state index is 0.0665. The predicted molar refractivity (Wildman–Crippen MR) is 99.9 cm³/mol. The zero-order valence-corrected chi connectivity index (χ0v) is 16.3. The maximum absolute atomic E-state index is 12.6. The van der Waals surface area contributed by atoms with Crippen LogP contribution in [0.4, 0.5) is 0 Å². The number of carbonyl (C=O) groups excluding carboxylic acids is 1. The first-order valence-corrected chi connectivity index (χ1v) is 10.5. The first-order valence-electron chi connectivity index (χ1n) is 9.05. The molecule has 1 saturated heterocycles. The Labute approximate surface area is 155 Å². The smallest absolute Gasteiger partial charge is 0.243 e. The average molecular weight is 384 g/mol. The molecule has 0 radical (unpaired) electrons. The van der Waals surface area contributed by atoms with Gasteiger partial charge in [-0.2, -0.15) is 4.31 Å². The second-order valence-electron chi connectivity index (χ2n) is 6.51. The van der Waals surface area contributed by atoms with Gasteiger partial charge >= 0.3 is 0 Å². The van der Waals surface area contributed by atoms with Crippen molar-refractivity contribution in [3.63, 3.8) is 0 Å². The van der Waals surface area contributed by atoms with Crippen molar-refractivity contribution in [1.82, 2.24) is 9.62 Å². The van der Waals surface area contributed by atoms with Gasteiger partial charge in [-0.25, -0.2) is 8.42 Å². The molecule has 1 aromatic rings. The zero-order valence-electron chi connectivity index (χ0n) is 15.5. The third kappa shape index (κ3) is 4.43. The summed E-state index contributed by atoms with van der Waals surface area (Å²) in [5.41, 5.74) is 6.12. The van der Waals surface area contributed by atoms with Crippen molar-refractivity contribution in [1.29, 1.82) is 0 Å². The number of carbonyl (C=O) groups is 1. The van der Waals surface area contributed by atoms with Gasteiger partial charge in [0.2, 0.25) is 15.9 Å². The van der Waals surface area contributed by atoms with E-state index in [2.05, 4.69) is 5.32 Å². The summed E-state index contributed by atoms with van der Waals surface area (Å²) in [6.45, 7) is 6.22. The molecule has 0 aliphatic carbocycles. The van der Waals surface area contributed by atoms with Crippen molar-refractivity contribution in [2.24, 2.45) is 11.1 Å². The summed E-state index contributed by atoms with van der Waals surface area (Å²) < 4.78 is 31.7. The molecule has 0 aromatic heterocycles. The van der Waals surface area contributed by atoms with E-state index in [4.69, 9.17) is 10.5 Å². The summed E-state index contributed by atoms with van der Waals surface area (Å²) in [5.74, 6) is -0.0665. The Hall–Kier alpha value is -1.48. The SMILES string of the molecule is CCN(CC)S(=O)(=O)c1ccc(CNC(=O)C2(CN)CCOCC2)cc1. The van der Waals surface area contributed by atoms with Gasteiger partial charge in [0, 0.05) is 39.4 Å². The number of ether oxygens (including phenoxy) is 1. The van der Waals surface area contributed by atoms with Gasteiger partial charge in [-0.15, -0.1) is 0 Å². The maximum Gasteiger partial charge on any atom is 0.243 e. The lowest BCUT2D eigenvalue weighted by atomic mass is 9.79. The highest BCUT2D eigenvalue weighted by molar-refractivity contribution is 7.89. The minimum atomic E-state index is -3.46. The van der Waals surface area contributed by atoms with Crippen molar-refractivity contribution in [3.8, 4) is 0 Å². The van der Waals surface area contributed by atoms with Crippen LogP contribution in [0.15, 0.2) is 29.2 Å². The van der Waals surface area contributed by atoms with E-state index in [1.165, 1.54) is 4.31 Å². The third-order valence-corrected chi connectivity index (χ3v) is 7.11. The van der Waals surface area contributed by atoms with Crippen LogP contribution < -0.4 is 11.1 Å². The van der Waals surface area contributed by atoms with Crippen molar-refractivity contribution >= 4 is 15.9 Å². The lowest BCUT2D eigenvalue weighted by Gasteiger charge is -2.34. The number of amides is 1. The van der Waals surface area contributed by atoms with Crippen LogP contribution in [-0.2, 0) is 26.1 Å². The van der Waals surface area contributed by atoms with Gasteiger partial charge in [0.1, 0.15) is 0 Å². The molecule has 8 heteroatoms. The first-order chi connectivity index (χ1) is 12.4. The normalized spacial score (nSPS) is 17.2. The molecule has 1 aromatic carbocycles. The van der Waals surface area contributed by atoms with Crippen LogP contribution in [0.2, 0.25) is 0 Å². The first kappa shape index (κ1) is 20.8. The monoisotopic (exact) mass is 383 g/mol. The van der Waals surface area contributed by atoms with Crippen molar-refractivity contribution in [2.45, 2.75) is 38.1 Å². The molecule has 0 bridgehead atoms. The van der Waals surface area contributed by atoms with E-state index in [0.29, 0.717) is 52.2 Å². The summed E-state index contributed by atoms with van der Waals surface area (Å²) in [6.07, 6.45) is 1.24. The summed E-state index contributed by atoms with van der Waals surface area (Å²) in [6, 6.07) is 6.64. The van der Waals surface area contributed by atoms with E-state index in [-0.39, 0.29) is 10.8 Å². The average Bonchev–Trinajstić information content (AvgIpc) is 2.67. The lowest BCUT2D eigenvalue weighted by molar-refractivity contribution is -0.136. The fraction of sp³-hybridized carbons (Fsp3) is 0.611. The summed E-state index contributed by atoms with van der Waals surface area (Å²) in [5, 5.41) is 2.93. The Bertz CT molecular complexity index is 694. The number of nitrogens with one attached hydrogen (secondary N) is 1. The quantitative estimate of drug-likeness (QED) is 0.700. The number of hydrogen-bond donors (Lipinski definition) is 2. The molecular formula is C18H29N3O4S. The van der Waals surface area contributed by atoms with E-state index in [9.17, 15) is 13.2 Å². The number of nitrogens with zero attached hydrogens (tertiary/aromatic N) is 1. The number of nitrogens with two attached hydrogens (primary N) is 1. The summed E-state index contributed by atoms with van der Waals surface area (Å²) in [4.78, 5) is 12.8. The number of benzene rings is 1. The van der Waals surface area contributed by atoms with Gasteiger partial charge in [0.15, 0.2) is 0 Å². The maximum atomic E-state index is 12.6. The van der Waals surface area contributed by atoms with Gasteiger partial charge in [-0.3, -0.25) is 4.79 Å². The number of sulfonamides is 1. The highest BCUT2D eigenvalue weighted by atomic mass is 32.2. The Balaban J connectivity index is 2.02. The van der Waals surface area contributed by atoms with Gasteiger partial charge in [-0.1, -0.05) is 26.0 Å². The third-order valence-electron chi connectivity index (χ3n) is 5.04. The molecule has 7 nitrogen and oxygen atoms in total. The van der Waals surface area contributed by atoms with E-state index in [0.717, 1.165) is 5.56 Å². The number of hydrogen-bond acceptors (Lipinski definition) is 5. The second-order valence-corrected chi connectivity index (χ2v) is 8.45. The van der Waals surface area contributed by atoms with Crippen molar-refractivity contribution in [3.05, 3.63) is 29.8 Å². The summed E-state index contributed by atoms with van der Waals surface area (Å²) >= 11 is 0. The van der Waals surface area contributed by atoms with Gasteiger partial charge in [0.25, 0.3) is 0 Å². The lowest BCUT2D eigenvalue weighted by Crippen LogP contribution is -2.48. The molecule has 0 atom stereocenters. The Morgan fingerprint density at radius 1 is 1.19 bits per heavy atom. The molecule has 3 N–H and O–H groups in total. The van der Waals surface area contributed by atoms with Crippen LogP contribution in [0.5, 0.6) is 0 Å². The second kappa shape index (κ2) is 8.94. The highest BCUT2D eigenvalue weighted by Gasteiger charge is 2.38. The van der Waals surface area contributed by atoms with Crippen LogP contribution in [0.25, 0.3) is 0 Å². The van der Waals surface area contributed by atoms with Crippen LogP contribution >= 0.6 is 0 Å². The molecule has 1 aliphatic rings. The molecule has 1 fully saturated rings. The molecule has 146 valence electrons. The largest absolute Gasteiger partial charge is 0.381 e. The van der Waals surface area contributed by atoms with Gasteiger partial charge < -0.3 is 15.8 Å². The molecule has 0 saturated carbocycles. The minimum Gasteiger partial charge on any atom is -0.381 e. The van der Waals surface area contributed by atoms with Crippen LogP contribution in [0, 0.1) is 5.41 Å². The van der Waals surface area contributed by atoms with E-state index < -0.39 is 15.4 Å². The Morgan fingerprint density at radius 2 is 1.77 bits per heavy atom. The predicted octanol–water partition coefficient (Wildman–Crippen LogP) is 1.09. The fourth-order valence-electron chi connectivity index (χ4n) is 3.15. The van der Waals surface area contributed by atoms with E-state index in [1.54, 1.807) is 24.3 Å². The standard InChI is InChI=1S/C18H29N3O4S/c1-3-21(4-2)26(23,24)16-7-5-15(6-8-16)13-20-17(22)18(14-19)9-11-25-12-10-18/h5-8H,3-4,9-14,19H2,1-2H3,(H,20,22). The van der Waals surface area contributed by atoms with E-state index in [1.807, 2.05) is 13.8 Å². The molecule has 1 amide bonds. The molecule has 1 aliphatic heterocycles. The molecule has 2 rings (SSSR count).